The van der Waals surface area contributed by atoms with Gasteiger partial charge in [-0.3, -0.25) is 9.69 Å². The molecule has 30 heavy (non-hydrogen) atoms. The minimum absolute atomic E-state index is 0.122. The van der Waals surface area contributed by atoms with Crippen LogP contribution in [0.2, 0.25) is 0 Å². The van der Waals surface area contributed by atoms with E-state index < -0.39 is 9.84 Å². The van der Waals surface area contributed by atoms with Crippen LogP contribution in [-0.4, -0.2) is 47.5 Å². The summed E-state index contributed by atoms with van der Waals surface area (Å²) < 4.78 is 28.2. The molecule has 1 aromatic heterocycles. The first kappa shape index (κ1) is 22.0. The largest absolute Gasteiger partial charge is 0.317 e. The zero-order chi connectivity index (χ0) is 21.1. The Kier molecular flexibility index (Phi) is 6.98. The number of rotatable bonds is 9. The summed E-state index contributed by atoms with van der Waals surface area (Å²) in [5, 5.41) is 0.285. The zero-order valence-corrected chi connectivity index (χ0v) is 19.2. The molecule has 0 bridgehead atoms. The van der Waals surface area contributed by atoms with Crippen molar-refractivity contribution in [2.45, 2.75) is 89.4 Å². The van der Waals surface area contributed by atoms with E-state index in [1.54, 1.807) is 6.20 Å². The van der Waals surface area contributed by atoms with Crippen molar-refractivity contribution in [2.75, 3.05) is 18.8 Å². The molecule has 0 N–H and O–H groups in total. The SMILES string of the molecule is CCC(=O)C1CCCN(Cc2cnc(S(=O)(=O)CC3CC3)n2CC2CCCCC2)C1. The lowest BCUT2D eigenvalue weighted by atomic mass is 9.89. The fourth-order valence-corrected chi connectivity index (χ4v) is 7.08. The number of Topliss-reactive ketones (excluding diaryl/α,β-unsaturated/α-hetero) is 1. The molecule has 2 heterocycles. The predicted molar refractivity (Wildman–Crippen MR) is 117 cm³/mol. The molecule has 4 rings (SSSR count). The Hall–Kier alpha value is -1.21. The molecule has 6 nitrogen and oxygen atoms in total. The van der Waals surface area contributed by atoms with Crippen LogP contribution in [0.4, 0.5) is 0 Å². The highest BCUT2D eigenvalue weighted by atomic mass is 32.2. The lowest BCUT2D eigenvalue weighted by Gasteiger charge is -2.32. The summed E-state index contributed by atoms with van der Waals surface area (Å²) in [4.78, 5) is 19.0. The van der Waals surface area contributed by atoms with E-state index in [1.165, 1.54) is 32.1 Å². The predicted octanol–water partition coefficient (Wildman–Crippen LogP) is 3.84. The van der Waals surface area contributed by atoms with Crippen LogP contribution in [0.5, 0.6) is 0 Å². The van der Waals surface area contributed by atoms with Crippen molar-refractivity contribution in [3.05, 3.63) is 11.9 Å². The van der Waals surface area contributed by atoms with Crippen molar-refractivity contribution in [1.29, 1.82) is 0 Å². The summed E-state index contributed by atoms with van der Waals surface area (Å²) in [6, 6.07) is 0. The molecule has 1 aliphatic heterocycles. The Balaban J connectivity index is 1.54. The monoisotopic (exact) mass is 435 g/mol. The van der Waals surface area contributed by atoms with Crippen molar-refractivity contribution >= 4 is 15.6 Å². The molecule has 0 radical (unpaired) electrons. The van der Waals surface area contributed by atoms with Gasteiger partial charge in [-0.25, -0.2) is 13.4 Å². The lowest BCUT2D eigenvalue weighted by molar-refractivity contribution is -0.124. The molecule has 0 amide bonds. The van der Waals surface area contributed by atoms with Crippen LogP contribution < -0.4 is 0 Å². The standard InChI is InChI=1S/C23H37N3O3S/c1-2-22(27)20-9-6-12-25(15-20)16-21-13-24-23(30(28,29)17-19-10-11-19)26(21)14-18-7-4-3-5-8-18/h13,18-20H,2-12,14-17H2,1H3. The highest BCUT2D eigenvalue weighted by Crippen LogP contribution is 2.33. The Labute approximate surface area is 181 Å². The molecule has 1 saturated heterocycles. The molecule has 2 aliphatic carbocycles. The first-order valence-corrected chi connectivity index (χ1v) is 13.6. The van der Waals surface area contributed by atoms with Gasteiger partial charge in [0, 0.05) is 32.0 Å². The van der Waals surface area contributed by atoms with Crippen LogP contribution in [0.1, 0.15) is 76.8 Å². The average Bonchev–Trinajstić information content (AvgIpc) is 3.46. The van der Waals surface area contributed by atoms with Gasteiger partial charge in [0.25, 0.3) is 0 Å². The Morgan fingerprint density at radius 1 is 1.07 bits per heavy atom. The third-order valence-corrected chi connectivity index (χ3v) is 8.98. The summed E-state index contributed by atoms with van der Waals surface area (Å²) in [5.41, 5.74) is 1.000. The Bertz CT molecular complexity index is 838. The van der Waals surface area contributed by atoms with Gasteiger partial charge in [-0.05, 0) is 56.9 Å². The van der Waals surface area contributed by atoms with E-state index in [-0.39, 0.29) is 16.8 Å². The number of hydrogen-bond acceptors (Lipinski definition) is 5. The number of likely N-dealkylation sites (tertiary alicyclic amines) is 1. The fraction of sp³-hybridized carbons (Fsp3) is 0.826. The van der Waals surface area contributed by atoms with Crippen molar-refractivity contribution < 1.29 is 13.2 Å². The first-order chi connectivity index (χ1) is 14.5. The topological polar surface area (TPSA) is 72.3 Å². The molecule has 1 atom stereocenters. The van der Waals surface area contributed by atoms with Gasteiger partial charge in [-0.1, -0.05) is 26.2 Å². The zero-order valence-electron chi connectivity index (χ0n) is 18.4. The van der Waals surface area contributed by atoms with E-state index >= 15 is 0 Å². The molecule has 7 heteroatoms. The van der Waals surface area contributed by atoms with Gasteiger partial charge in [0.2, 0.25) is 15.0 Å². The molecular weight excluding hydrogens is 398 g/mol. The second-order valence-electron chi connectivity index (χ2n) is 9.77. The highest BCUT2D eigenvalue weighted by Gasteiger charge is 2.33. The molecule has 0 spiro atoms. The van der Waals surface area contributed by atoms with Gasteiger partial charge in [-0.2, -0.15) is 0 Å². The molecule has 0 aromatic carbocycles. The van der Waals surface area contributed by atoms with Gasteiger partial charge < -0.3 is 4.57 Å². The minimum atomic E-state index is -3.35. The number of imidazole rings is 1. The van der Waals surface area contributed by atoms with Gasteiger partial charge in [0.05, 0.1) is 17.6 Å². The quantitative estimate of drug-likeness (QED) is 0.589. The van der Waals surface area contributed by atoms with E-state index in [2.05, 4.69) is 9.88 Å². The second kappa shape index (κ2) is 9.51. The van der Waals surface area contributed by atoms with E-state index in [9.17, 15) is 13.2 Å². The summed E-state index contributed by atoms with van der Waals surface area (Å²) >= 11 is 0. The molecular formula is C23H37N3O3S. The number of sulfone groups is 1. The van der Waals surface area contributed by atoms with Crippen LogP contribution in [0.25, 0.3) is 0 Å². The van der Waals surface area contributed by atoms with Crippen LogP contribution in [0.15, 0.2) is 11.4 Å². The fourth-order valence-electron chi connectivity index (χ4n) is 5.24. The number of aromatic nitrogens is 2. The summed E-state index contributed by atoms with van der Waals surface area (Å²) in [6.45, 7) is 5.14. The summed E-state index contributed by atoms with van der Waals surface area (Å²) in [6.07, 6.45) is 12.6. The number of ketones is 1. The van der Waals surface area contributed by atoms with Crippen LogP contribution in [0, 0.1) is 17.8 Å². The maximum Gasteiger partial charge on any atom is 0.227 e. The smallest absolute Gasteiger partial charge is 0.227 e. The van der Waals surface area contributed by atoms with Gasteiger partial charge >= 0.3 is 0 Å². The maximum atomic E-state index is 13.1. The van der Waals surface area contributed by atoms with Crippen LogP contribution in [0.3, 0.4) is 0 Å². The lowest BCUT2D eigenvalue weighted by Crippen LogP contribution is -2.38. The maximum absolute atomic E-state index is 13.1. The number of piperidine rings is 1. The highest BCUT2D eigenvalue weighted by molar-refractivity contribution is 7.91. The van der Waals surface area contributed by atoms with E-state index in [0.717, 1.165) is 51.0 Å². The minimum Gasteiger partial charge on any atom is -0.317 e. The number of carbonyl (C=O) groups excluding carboxylic acids is 1. The van der Waals surface area contributed by atoms with Crippen LogP contribution >= 0.6 is 0 Å². The van der Waals surface area contributed by atoms with Crippen molar-refractivity contribution in [2.24, 2.45) is 17.8 Å². The van der Waals surface area contributed by atoms with E-state index in [1.807, 2.05) is 11.5 Å². The molecule has 3 aliphatic rings. The third-order valence-electron chi connectivity index (χ3n) is 7.19. The number of carbonyl (C=O) groups is 1. The summed E-state index contributed by atoms with van der Waals surface area (Å²) in [5.74, 6) is 1.57. The number of hydrogen-bond donors (Lipinski definition) is 0. The molecule has 3 fully saturated rings. The molecule has 2 saturated carbocycles. The average molecular weight is 436 g/mol. The van der Waals surface area contributed by atoms with Gasteiger partial charge in [-0.15, -0.1) is 0 Å². The third kappa shape index (κ3) is 5.34. The van der Waals surface area contributed by atoms with Crippen molar-refractivity contribution in [3.63, 3.8) is 0 Å². The van der Waals surface area contributed by atoms with Gasteiger partial charge in [0.1, 0.15) is 5.78 Å². The molecule has 168 valence electrons. The molecule has 1 aromatic rings. The van der Waals surface area contributed by atoms with Crippen LogP contribution in [-0.2, 0) is 27.7 Å². The second-order valence-corrected chi connectivity index (χ2v) is 11.7. The van der Waals surface area contributed by atoms with E-state index in [0.29, 0.717) is 30.6 Å². The van der Waals surface area contributed by atoms with E-state index in [4.69, 9.17) is 0 Å². The summed E-state index contributed by atoms with van der Waals surface area (Å²) in [7, 11) is -3.35. The first-order valence-electron chi connectivity index (χ1n) is 12.0. The Morgan fingerprint density at radius 2 is 1.83 bits per heavy atom. The van der Waals surface area contributed by atoms with Gasteiger partial charge in [0.15, 0.2) is 0 Å². The molecule has 1 unspecified atom stereocenters. The number of nitrogens with zero attached hydrogens (tertiary/aromatic N) is 3. The van der Waals surface area contributed by atoms with Crippen molar-refractivity contribution in [3.8, 4) is 0 Å². The normalized spacial score (nSPS) is 24.2. The Morgan fingerprint density at radius 3 is 2.53 bits per heavy atom. The van der Waals surface area contributed by atoms with Crippen molar-refractivity contribution in [1.82, 2.24) is 14.5 Å².